The predicted molar refractivity (Wildman–Crippen MR) is 126 cm³/mol. The van der Waals surface area contributed by atoms with Crippen LogP contribution in [0, 0.1) is 10.1 Å². The minimum absolute atomic E-state index is 0.0275. The van der Waals surface area contributed by atoms with Crippen LogP contribution < -0.4 is 4.74 Å². The number of benzene rings is 3. The Kier molecular flexibility index (Phi) is 8.55. The van der Waals surface area contributed by atoms with Crippen molar-refractivity contribution in [1.82, 2.24) is 4.90 Å². The van der Waals surface area contributed by atoms with E-state index in [1.54, 1.807) is 0 Å². The second-order valence-corrected chi connectivity index (χ2v) is 7.83. The number of nitro groups is 1. The predicted octanol–water partition coefficient (Wildman–Crippen LogP) is 5.04. The first kappa shape index (κ1) is 23.9. The van der Waals surface area contributed by atoms with Gasteiger partial charge in [-0.1, -0.05) is 60.7 Å². The molecular formula is C26H28N2O5. The molecule has 1 unspecified atom stereocenters. The van der Waals surface area contributed by atoms with E-state index in [0.29, 0.717) is 31.7 Å². The van der Waals surface area contributed by atoms with E-state index in [4.69, 9.17) is 4.74 Å². The summed E-state index contributed by atoms with van der Waals surface area (Å²) in [5, 5.41) is 20.9. The van der Waals surface area contributed by atoms with Gasteiger partial charge in [0.15, 0.2) is 0 Å². The lowest BCUT2D eigenvalue weighted by Gasteiger charge is -2.23. The number of rotatable bonds is 11. The van der Waals surface area contributed by atoms with Crippen molar-refractivity contribution < 1.29 is 19.6 Å². The maximum atomic E-state index is 13.0. The first-order valence-corrected chi connectivity index (χ1v) is 10.9. The van der Waals surface area contributed by atoms with Gasteiger partial charge in [-0.25, -0.2) is 0 Å². The second-order valence-electron chi connectivity index (χ2n) is 7.83. The summed E-state index contributed by atoms with van der Waals surface area (Å²) < 4.78 is 5.69. The fourth-order valence-corrected chi connectivity index (χ4v) is 3.53. The van der Waals surface area contributed by atoms with Crippen molar-refractivity contribution in [2.24, 2.45) is 0 Å². The van der Waals surface area contributed by atoms with Crippen molar-refractivity contribution in [2.45, 2.75) is 39.0 Å². The van der Waals surface area contributed by atoms with Crippen LogP contribution in [0.3, 0.4) is 0 Å². The van der Waals surface area contributed by atoms with Crippen LogP contribution in [0.2, 0.25) is 0 Å². The summed E-state index contributed by atoms with van der Waals surface area (Å²) in [6.07, 6.45) is -0.171. The van der Waals surface area contributed by atoms with Crippen LogP contribution in [0.25, 0.3) is 0 Å². The number of nitro benzene ring substituents is 1. The quantitative estimate of drug-likeness (QED) is 0.252. The third-order valence-electron chi connectivity index (χ3n) is 5.23. The van der Waals surface area contributed by atoms with Gasteiger partial charge < -0.3 is 14.7 Å². The van der Waals surface area contributed by atoms with Gasteiger partial charge in [0, 0.05) is 25.6 Å². The van der Waals surface area contributed by atoms with Crippen molar-refractivity contribution in [3.63, 3.8) is 0 Å². The SMILES string of the molecule is CC(O)c1cc(OCCCC(=O)N(Cc2ccccc2)Cc2ccccc2)ccc1[N+](=O)[O-]. The second kappa shape index (κ2) is 11.8. The summed E-state index contributed by atoms with van der Waals surface area (Å²) in [6, 6.07) is 24.0. The average Bonchev–Trinajstić information content (AvgIpc) is 2.82. The maximum absolute atomic E-state index is 13.0. The standard InChI is InChI=1S/C26H28N2O5/c1-20(29)24-17-23(14-15-25(24)28(31)32)33-16-8-13-26(30)27(18-21-9-4-2-5-10-21)19-22-11-6-3-7-12-22/h2-7,9-12,14-15,17,20,29H,8,13,16,18-19H2,1H3. The van der Waals surface area contributed by atoms with Gasteiger partial charge in [-0.3, -0.25) is 14.9 Å². The molecular weight excluding hydrogens is 420 g/mol. The van der Waals surface area contributed by atoms with Crippen LogP contribution in [0.4, 0.5) is 5.69 Å². The largest absolute Gasteiger partial charge is 0.494 e. The molecule has 0 bridgehead atoms. The first-order valence-electron chi connectivity index (χ1n) is 10.9. The number of carbonyl (C=O) groups excluding carboxylic acids is 1. The number of hydrogen-bond donors (Lipinski definition) is 1. The summed E-state index contributed by atoms with van der Waals surface area (Å²) in [5.41, 5.74) is 2.18. The Labute approximate surface area is 193 Å². The van der Waals surface area contributed by atoms with Crippen molar-refractivity contribution >= 4 is 11.6 Å². The van der Waals surface area contributed by atoms with Gasteiger partial charge >= 0.3 is 0 Å². The average molecular weight is 449 g/mol. The molecule has 7 heteroatoms. The highest BCUT2D eigenvalue weighted by atomic mass is 16.6. The van der Waals surface area contributed by atoms with Crippen molar-refractivity contribution in [3.8, 4) is 5.75 Å². The minimum atomic E-state index is -0.986. The van der Waals surface area contributed by atoms with Crippen LogP contribution in [-0.4, -0.2) is 27.4 Å². The molecule has 0 radical (unpaired) electrons. The summed E-state index contributed by atoms with van der Waals surface area (Å²) in [7, 11) is 0. The zero-order valence-corrected chi connectivity index (χ0v) is 18.6. The molecule has 0 aliphatic carbocycles. The summed E-state index contributed by atoms with van der Waals surface area (Å²) in [6.45, 7) is 2.80. The minimum Gasteiger partial charge on any atom is -0.494 e. The van der Waals surface area contributed by atoms with E-state index in [1.807, 2.05) is 65.6 Å². The molecule has 0 saturated heterocycles. The summed E-state index contributed by atoms with van der Waals surface area (Å²) in [5.74, 6) is 0.453. The Balaban J connectivity index is 1.58. The molecule has 3 aromatic carbocycles. The molecule has 0 fully saturated rings. The van der Waals surface area contributed by atoms with E-state index in [2.05, 4.69) is 0 Å². The third kappa shape index (κ3) is 7.15. The Morgan fingerprint density at radius 2 is 1.58 bits per heavy atom. The lowest BCUT2D eigenvalue weighted by Crippen LogP contribution is -2.30. The van der Waals surface area contributed by atoms with E-state index < -0.39 is 11.0 Å². The Morgan fingerprint density at radius 1 is 1.00 bits per heavy atom. The Bertz CT molecular complexity index is 1010. The molecule has 0 saturated carbocycles. The van der Waals surface area contributed by atoms with Gasteiger partial charge in [-0.2, -0.15) is 0 Å². The van der Waals surface area contributed by atoms with Crippen LogP contribution in [-0.2, 0) is 17.9 Å². The number of hydrogen-bond acceptors (Lipinski definition) is 5. The van der Waals surface area contributed by atoms with Crippen molar-refractivity contribution in [2.75, 3.05) is 6.61 Å². The van der Waals surface area contributed by atoms with Crippen LogP contribution >= 0.6 is 0 Å². The highest BCUT2D eigenvalue weighted by Gasteiger charge is 2.19. The molecule has 0 aliphatic heterocycles. The number of nitrogens with zero attached hydrogens (tertiary/aromatic N) is 2. The molecule has 0 heterocycles. The van der Waals surface area contributed by atoms with Crippen molar-refractivity contribution in [3.05, 3.63) is 106 Å². The first-order chi connectivity index (χ1) is 15.9. The molecule has 33 heavy (non-hydrogen) atoms. The zero-order chi connectivity index (χ0) is 23.6. The monoisotopic (exact) mass is 448 g/mol. The molecule has 3 rings (SSSR count). The van der Waals surface area contributed by atoms with E-state index >= 15 is 0 Å². The van der Waals surface area contributed by atoms with Gasteiger partial charge in [0.25, 0.3) is 5.69 Å². The van der Waals surface area contributed by atoms with E-state index in [9.17, 15) is 20.0 Å². The normalized spacial score (nSPS) is 11.6. The number of carbonyl (C=O) groups is 1. The van der Waals surface area contributed by atoms with Gasteiger partial charge in [0.1, 0.15) is 5.75 Å². The molecule has 172 valence electrons. The molecule has 1 N–H and O–H groups in total. The van der Waals surface area contributed by atoms with Gasteiger partial charge in [-0.15, -0.1) is 0 Å². The Morgan fingerprint density at radius 3 is 2.09 bits per heavy atom. The number of amides is 1. The van der Waals surface area contributed by atoms with Crippen LogP contribution in [0.1, 0.15) is 42.6 Å². The molecule has 0 aromatic heterocycles. The third-order valence-corrected chi connectivity index (χ3v) is 5.23. The number of aliphatic hydroxyl groups is 1. The molecule has 0 aliphatic rings. The molecule has 3 aromatic rings. The highest BCUT2D eigenvalue weighted by molar-refractivity contribution is 5.76. The fourth-order valence-electron chi connectivity index (χ4n) is 3.53. The van der Waals surface area contributed by atoms with Crippen LogP contribution in [0.15, 0.2) is 78.9 Å². The van der Waals surface area contributed by atoms with E-state index in [0.717, 1.165) is 11.1 Å². The van der Waals surface area contributed by atoms with E-state index in [1.165, 1.54) is 25.1 Å². The lowest BCUT2D eigenvalue weighted by atomic mass is 10.1. The van der Waals surface area contributed by atoms with Gasteiger partial charge in [0.2, 0.25) is 5.91 Å². The smallest absolute Gasteiger partial charge is 0.275 e. The van der Waals surface area contributed by atoms with Crippen LogP contribution in [0.5, 0.6) is 5.75 Å². The number of aliphatic hydroxyl groups excluding tert-OH is 1. The van der Waals surface area contributed by atoms with Gasteiger partial charge in [-0.05, 0) is 36.6 Å². The molecule has 1 amide bonds. The highest BCUT2D eigenvalue weighted by Crippen LogP contribution is 2.29. The number of ether oxygens (including phenoxy) is 1. The van der Waals surface area contributed by atoms with E-state index in [-0.39, 0.29) is 23.8 Å². The molecule has 0 spiro atoms. The molecule has 1 atom stereocenters. The van der Waals surface area contributed by atoms with Gasteiger partial charge in [0.05, 0.1) is 23.2 Å². The maximum Gasteiger partial charge on any atom is 0.275 e. The summed E-state index contributed by atoms with van der Waals surface area (Å²) >= 11 is 0. The zero-order valence-electron chi connectivity index (χ0n) is 18.6. The fraction of sp³-hybridized carbons (Fsp3) is 0.269. The topological polar surface area (TPSA) is 92.9 Å². The lowest BCUT2D eigenvalue weighted by molar-refractivity contribution is -0.386. The Hall–Kier alpha value is -3.71. The summed E-state index contributed by atoms with van der Waals surface area (Å²) in [4.78, 5) is 25.4. The molecule has 7 nitrogen and oxygen atoms in total. The van der Waals surface area contributed by atoms with Crippen molar-refractivity contribution in [1.29, 1.82) is 0 Å².